The van der Waals surface area contributed by atoms with E-state index in [1.165, 1.54) is 5.56 Å². The van der Waals surface area contributed by atoms with Crippen LogP contribution in [0.4, 0.5) is 0 Å². The van der Waals surface area contributed by atoms with E-state index in [2.05, 4.69) is 37.1 Å². The number of carbonyl (C=O) groups excluding carboxylic acids is 1. The maximum absolute atomic E-state index is 13.7. The number of Topliss-reactive ketones (excluding diaryl/α,β-unsaturated/α-hetero) is 1. The van der Waals surface area contributed by atoms with Gasteiger partial charge < -0.3 is 19.8 Å². The molecule has 2 aliphatic heterocycles. The zero-order valence-corrected chi connectivity index (χ0v) is 17.4. The zero-order chi connectivity index (χ0) is 20.8. The minimum atomic E-state index is -1.06. The highest BCUT2D eigenvalue weighted by Crippen LogP contribution is 2.65. The number of phenols is 1. The molecule has 30 heavy (non-hydrogen) atoms. The first-order valence-corrected chi connectivity index (χ1v) is 10.9. The van der Waals surface area contributed by atoms with Crippen molar-refractivity contribution in [3.63, 3.8) is 0 Å². The van der Waals surface area contributed by atoms with Crippen LogP contribution in [-0.2, 0) is 23.1 Å². The molecule has 2 aromatic carbocycles. The van der Waals surface area contributed by atoms with Crippen molar-refractivity contribution in [3.05, 3.63) is 58.7 Å². The number of ketones is 1. The summed E-state index contributed by atoms with van der Waals surface area (Å²) < 4.78 is 6.24. The summed E-state index contributed by atoms with van der Waals surface area (Å²) in [6, 6.07) is 11.8. The molecule has 5 atom stereocenters. The third kappa shape index (κ3) is 2.07. The van der Waals surface area contributed by atoms with Crippen LogP contribution in [0.5, 0.6) is 11.5 Å². The van der Waals surface area contributed by atoms with E-state index in [4.69, 9.17) is 4.74 Å². The third-order valence-electron chi connectivity index (χ3n) is 8.26. The van der Waals surface area contributed by atoms with Crippen molar-refractivity contribution < 1.29 is 19.7 Å². The lowest BCUT2D eigenvalue weighted by Crippen LogP contribution is -2.77. The molecule has 2 aromatic rings. The van der Waals surface area contributed by atoms with Gasteiger partial charge in [0.25, 0.3) is 0 Å². The van der Waals surface area contributed by atoms with Crippen LogP contribution in [0, 0.1) is 12.8 Å². The van der Waals surface area contributed by atoms with Crippen molar-refractivity contribution in [1.82, 2.24) is 4.90 Å². The number of likely N-dealkylation sites (N-methyl/N-ethyl adjacent to an activating group) is 1. The SMILES string of the molecule is Cc1cccc(C[C@H]2C[C@@]3(O)[C@H]4Cc5ccc(O)c6c5[C@@]3(CCN4C)[C@@H](O6)C2=O)c1. The quantitative estimate of drug-likeness (QED) is 0.804. The predicted octanol–water partition coefficient (Wildman–Crippen LogP) is 2.52. The first-order chi connectivity index (χ1) is 14.3. The molecule has 1 saturated carbocycles. The Hall–Kier alpha value is -2.37. The summed E-state index contributed by atoms with van der Waals surface area (Å²) in [6.45, 7) is 2.85. The Labute approximate surface area is 176 Å². The molecule has 4 aliphatic rings. The number of aliphatic hydroxyl groups is 1. The summed E-state index contributed by atoms with van der Waals surface area (Å²) in [4.78, 5) is 16.0. The van der Waals surface area contributed by atoms with Crippen LogP contribution in [0.25, 0.3) is 0 Å². The molecule has 2 heterocycles. The number of carbonyl (C=O) groups is 1. The molecule has 1 spiro atoms. The molecule has 5 nitrogen and oxygen atoms in total. The predicted molar refractivity (Wildman–Crippen MR) is 112 cm³/mol. The largest absolute Gasteiger partial charge is 0.504 e. The maximum Gasteiger partial charge on any atom is 0.177 e. The molecule has 2 bridgehead atoms. The molecule has 0 unspecified atom stereocenters. The normalized spacial score (nSPS) is 36.4. The summed E-state index contributed by atoms with van der Waals surface area (Å²) in [5, 5.41) is 22.9. The van der Waals surface area contributed by atoms with E-state index in [-0.39, 0.29) is 23.5 Å². The van der Waals surface area contributed by atoms with Crippen LogP contribution in [0.3, 0.4) is 0 Å². The molecule has 0 amide bonds. The lowest BCUT2D eigenvalue weighted by atomic mass is 9.47. The lowest BCUT2D eigenvalue weighted by Gasteiger charge is -2.63. The van der Waals surface area contributed by atoms with Gasteiger partial charge in [-0.05, 0) is 63.4 Å². The summed E-state index contributed by atoms with van der Waals surface area (Å²) in [5.74, 6) is 0.249. The summed E-state index contributed by atoms with van der Waals surface area (Å²) in [5.41, 5.74) is 2.45. The van der Waals surface area contributed by atoms with Crippen LogP contribution in [0.2, 0.25) is 0 Å². The molecule has 5 heteroatoms. The molecule has 156 valence electrons. The Morgan fingerprint density at radius 1 is 1.27 bits per heavy atom. The molecule has 2 N–H and O–H groups in total. The Bertz CT molecular complexity index is 1080. The second-order valence-corrected chi connectivity index (χ2v) is 9.79. The van der Waals surface area contributed by atoms with E-state index in [1.807, 2.05) is 12.1 Å². The second kappa shape index (κ2) is 5.86. The Morgan fingerprint density at radius 3 is 2.90 bits per heavy atom. The van der Waals surface area contributed by atoms with Crippen LogP contribution < -0.4 is 4.74 Å². The van der Waals surface area contributed by atoms with Crippen LogP contribution in [0.15, 0.2) is 36.4 Å². The van der Waals surface area contributed by atoms with Gasteiger partial charge in [0.15, 0.2) is 23.4 Å². The van der Waals surface area contributed by atoms with E-state index in [0.29, 0.717) is 31.4 Å². The number of ether oxygens (including phenoxy) is 1. The van der Waals surface area contributed by atoms with Crippen LogP contribution >= 0.6 is 0 Å². The van der Waals surface area contributed by atoms with Gasteiger partial charge in [0, 0.05) is 17.5 Å². The van der Waals surface area contributed by atoms with Crippen LogP contribution in [0.1, 0.15) is 35.1 Å². The smallest absolute Gasteiger partial charge is 0.177 e. The van der Waals surface area contributed by atoms with Crippen molar-refractivity contribution in [1.29, 1.82) is 0 Å². The first kappa shape index (κ1) is 18.4. The summed E-state index contributed by atoms with van der Waals surface area (Å²) >= 11 is 0. The Morgan fingerprint density at radius 2 is 2.10 bits per heavy atom. The van der Waals surface area contributed by atoms with E-state index in [0.717, 1.165) is 23.2 Å². The molecule has 6 rings (SSSR count). The van der Waals surface area contributed by atoms with E-state index in [9.17, 15) is 15.0 Å². The molecule has 2 aliphatic carbocycles. The molecular weight excluding hydrogens is 378 g/mol. The zero-order valence-electron chi connectivity index (χ0n) is 17.4. The van der Waals surface area contributed by atoms with Gasteiger partial charge in [-0.3, -0.25) is 4.79 Å². The highest BCUT2D eigenvalue weighted by Gasteiger charge is 2.74. The first-order valence-electron chi connectivity index (χ1n) is 10.9. The second-order valence-electron chi connectivity index (χ2n) is 9.79. The highest BCUT2D eigenvalue weighted by molar-refractivity contribution is 5.92. The van der Waals surface area contributed by atoms with Gasteiger partial charge >= 0.3 is 0 Å². The van der Waals surface area contributed by atoms with Gasteiger partial charge in [-0.15, -0.1) is 0 Å². The van der Waals surface area contributed by atoms with Crippen molar-refractivity contribution >= 4 is 5.78 Å². The van der Waals surface area contributed by atoms with Crippen molar-refractivity contribution in [2.75, 3.05) is 13.6 Å². The number of nitrogens with zero attached hydrogens (tertiary/aromatic N) is 1. The number of likely N-dealkylation sites (tertiary alicyclic amines) is 1. The minimum absolute atomic E-state index is 0.0616. The van der Waals surface area contributed by atoms with Gasteiger partial charge in [-0.2, -0.15) is 0 Å². The Kier molecular flexibility index (Phi) is 3.60. The minimum Gasteiger partial charge on any atom is -0.504 e. The fourth-order valence-corrected chi connectivity index (χ4v) is 6.97. The third-order valence-corrected chi connectivity index (χ3v) is 8.26. The summed E-state index contributed by atoms with van der Waals surface area (Å²) in [7, 11) is 2.07. The summed E-state index contributed by atoms with van der Waals surface area (Å²) in [6.07, 6.45) is 1.67. The van der Waals surface area contributed by atoms with Gasteiger partial charge in [0.05, 0.1) is 11.0 Å². The van der Waals surface area contributed by atoms with Crippen molar-refractivity contribution in [3.8, 4) is 11.5 Å². The highest BCUT2D eigenvalue weighted by atomic mass is 16.5. The number of aromatic hydroxyl groups is 1. The van der Waals surface area contributed by atoms with Gasteiger partial charge in [0.1, 0.15) is 0 Å². The van der Waals surface area contributed by atoms with Gasteiger partial charge in [-0.1, -0.05) is 35.9 Å². The van der Waals surface area contributed by atoms with Crippen molar-refractivity contribution in [2.24, 2.45) is 5.92 Å². The molecule has 0 radical (unpaired) electrons. The average molecular weight is 405 g/mol. The number of aryl methyl sites for hydroxylation is 1. The van der Waals surface area contributed by atoms with E-state index < -0.39 is 17.1 Å². The van der Waals surface area contributed by atoms with Gasteiger partial charge in [0.2, 0.25) is 0 Å². The van der Waals surface area contributed by atoms with Crippen LogP contribution in [-0.4, -0.2) is 52.2 Å². The molecular formula is C25H27NO4. The number of hydrogen-bond acceptors (Lipinski definition) is 5. The fourth-order valence-electron chi connectivity index (χ4n) is 6.97. The molecule has 2 fully saturated rings. The standard InChI is InChI=1S/C25H27NO4/c1-14-4-3-5-15(10-14)11-17-13-25(29)19-12-16-6-7-18(27)22-20(16)24(25,8-9-26(19)2)23(30-22)21(17)28/h3-7,10,17,19,23,27,29H,8-9,11-13H2,1-2H3/t17-,19+,23-,24-,25+/m0/s1. The Balaban J connectivity index is 1.51. The van der Waals surface area contributed by atoms with Crippen molar-refractivity contribution in [2.45, 2.75) is 55.8 Å². The number of piperidine rings is 1. The van der Waals surface area contributed by atoms with E-state index >= 15 is 0 Å². The number of phenolic OH excluding ortho intramolecular Hbond substituents is 1. The van der Waals surface area contributed by atoms with E-state index in [1.54, 1.807) is 6.07 Å². The lowest BCUT2D eigenvalue weighted by molar-refractivity contribution is -0.194. The average Bonchev–Trinajstić information content (AvgIpc) is 3.06. The molecule has 0 aromatic heterocycles. The number of rotatable bonds is 2. The number of hydrogen-bond donors (Lipinski definition) is 2. The monoisotopic (exact) mass is 405 g/mol. The fraction of sp³-hybridized carbons (Fsp3) is 0.480. The van der Waals surface area contributed by atoms with Gasteiger partial charge in [-0.25, -0.2) is 0 Å². The topological polar surface area (TPSA) is 70.0 Å². The molecule has 1 saturated heterocycles. The maximum atomic E-state index is 13.7. The number of benzene rings is 2.